The minimum atomic E-state index is -1.19. The van der Waals surface area contributed by atoms with Gasteiger partial charge in [-0.2, -0.15) is 0 Å². The van der Waals surface area contributed by atoms with Crippen molar-refractivity contribution in [1.29, 1.82) is 0 Å². The molecule has 1 amide bonds. The molecule has 1 N–H and O–H groups in total. The van der Waals surface area contributed by atoms with Gasteiger partial charge in [0.05, 0.1) is 16.5 Å². The minimum Gasteiger partial charge on any atom is -0.485 e. The van der Waals surface area contributed by atoms with E-state index in [1.165, 1.54) is 17.9 Å². The van der Waals surface area contributed by atoms with E-state index in [2.05, 4.69) is 0 Å². The van der Waals surface area contributed by atoms with Gasteiger partial charge in [-0.05, 0) is 39.7 Å². The third kappa shape index (κ3) is 4.41. The van der Waals surface area contributed by atoms with Crippen molar-refractivity contribution in [3.63, 3.8) is 0 Å². The maximum absolute atomic E-state index is 12.1. The number of carbonyl (C=O) groups excluding carboxylic acids is 1. The summed E-state index contributed by atoms with van der Waals surface area (Å²) in [6.45, 7) is 7.30. The van der Waals surface area contributed by atoms with E-state index < -0.39 is 22.6 Å². The highest BCUT2D eigenvalue weighted by Crippen LogP contribution is 2.32. The number of ether oxygens (including phenoxy) is 2. The van der Waals surface area contributed by atoms with Gasteiger partial charge < -0.3 is 19.5 Å². The zero-order valence-electron chi connectivity index (χ0n) is 15.1. The summed E-state index contributed by atoms with van der Waals surface area (Å²) in [5.41, 5.74) is -0.723. The van der Waals surface area contributed by atoms with Crippen molar-refractivity contribution in [2.45, 2.75) is 45.8 Å². The number of hydrogen-bond acceptors (Lipinski definition) is 6. The van der Waals surface area contributed by atoms with E-state index in [1.54, 1.807) is 20.8 Å². The van der Waals surface area contributed by atoms with E-state index in [4.69, 9.17) is 9.47 Å². The van der Waals surface area contributed by atoms with Crippen LogP contribution < -0.4 is 4.74 Å². The largest absolute Gasteiger partial charge is 0.485 e. The predicted molar refractivity (Wildman–Crippen MR) is 91.6 cm³/mol. The number of aryl methyl sites for hydroxylation is 1. The molecule has 142 valence electrons. The number of hydrogen-bond donors (Lipinski definition) is 1. The van der Waals surface area contributed by atoms with Crippen LogP contribution in [0.5, 0.6) is 5.75 Å². The summed E-state index contributed by atoms with van der Waals surface area (Å²) in [5, 5.41) is 20.4. The molecule has 26 heavy (non-hydrogen) atoms. The molecule has 0 aliphatic carbocycles. The highest BCUT2D eigenvalue weighted by atomic mass is 16.6. The van der Waals surface area contributed by atoms with E-state index >= 15 is 0 Å². The average Bonchev–Trinajstić information content (AvgIpc) is 2.44. The number of nitro benzene ring substituents is 1. The Balaban J connectivity index is 2.11. The molecule has 2 rings (SSSR count). The molecular weight excluding hydrogens is 344 g/mol. The number of nitrogens with zero attached hydrogens (tertiary/aromatic N) is 2. The number of aromatic carboxylic acids is 1. The van der Waals surface area contributed by atoms with Crippen molar-refractivity contribution in [1.82, 2.24) is 4.90 Å². The van der Waals surface area contributed by atoms with Crippen molar-refractivity contribution in [3.05, 3.63) is 33.4 Å². The van der Waals surface area contributed by atoms with Gasteiger partial charge in [0.15, 0.2) is 5.75 Å². The van der Waals surface area contributed by atoms with Crippen LogP contribution in [0.25, 0.3) is 0 Å². The molecule has 1 unspecified atom stereocenters. The fraction of sp³-hybridized carbons (Fsp3) is 0.529. The van der Waals surface area contributed by atoms with Crippen molar-refractivity contribution < 1.29 is 29.1 Å². The molecule has 1 heterocycles. The maximum atomic E-state index is 12.1. The standard InChI is InChI=1S/C17H22N2O7/c1-10-7-13(19(23)24)14(8-12(10)15(20)21)25-9-11-5-6-18(11)16(22)26-17(2,3)4/h7-8,11H,5-6,9H2,1-4H3,(H,20,21). The van der Waals surface area contributed by atoms with Gasteiger partial charge in [0, 0.05) is 18.7 Å². The summed E-state index contributed by atoms with van der Waals surface area (Å²) in [6.07, 6.45) is 0.201. The third-order valence-corrected chi connectivity index (χ3v) is 3.94. The lowest BCUT2D eigenvalue weighted by Crippen LogP contribution is -2.55. The molecule has 0 aromatic heterocycles. The number of carbonyl (C=O) groups is 2. The molecule has 1 saturated heterocycles. The maximum Gasteiger partial charge on any atom is 0.410 e. The molecular formula is C17H22N2O7. The number of carboxylic acids is 1. The van der Waals surface area contributed by atoms with Gasteiger partial charge >= 0.3 is 17.7 Å². The predicted octanol–water partition coefficient (Wildman–Crippen LogP) is 2.99. The molecule has 0 radical (unpaired) electrons. The fourth-order valence-corrected chi connectivity index (χ4v) is 2.52. The molecule has 1 aromatic rings. The van der Waals surface area contributed by atoms with E-state index in [0.717, 1.165) is 6.07 Å². The zero-order chi connectivity index (χ0) is 19.6. The van der Waals surface area contributed by atoms with Gasteiger partial charge in [-0.3, -0.25) is 10.1 Å². The Bertz CT molecular complexity index is 739. The van der Waals surface area contributed by atoms with Crippen LogP contribution in [0.2, 0.25) is 0 Å². The van der Waals surface area contributed by atoms with Gasteiger partial charge in [-0.1, -0.05) is 0 Å². The number of amides is 1. The van der Waals surface area contributed by atoms with Crippen LogP contribution in [0.15, 0.2) is 12.1 Å². The smallest absolute Gasteiger partial charge is 0.410 e. The van der Waals surface area contributed by atoms with Gasteiger partial charge in [0.2, 0.25) is 0 Å². The molecule has 1 fully saturated rings. The summed E-state index contributed by atoms with van der Waals surface area (Å²) in [4.78, 5) is 35.4. The fourth-order valence-electron chi connectivity index (χ4n) is 2.52. The van der Waals surface area contributed by atoms with Crippen LogP contribution in [0.3, 0.4) is 0 Å². The molecule has 0 bridgehead atoms. The molecule has 1 aromatic carbocycles. The van der Waals surface area contributed by atoms with Gasteiger partial charge in [0.1, 0.15) is 12.2 Å². The van der Waals surface area contributed by atoms with Crippen LogP contribution in [0, 0.1) is 17.0 Å². The summed E-state index contributed by atoms with van der Waals surface area (Å²) in [6, 6.07) is 2.04. The Morgan fingerprint density at radius 2 is 2.04 bits per heavy atom. The van der Waals surface area contributed by atoms with E-state index in [-0.39, 0.29) is 35.2 Å². The lowest BCUT2D eigenvalue weighted by Gasteiger charge is -2.40. The Morgan fingerprint density at radius 1 is 1.38 bits per heavy atom. The summed E-state index contributed by atoms with van der Waals surface area (Å²) >= 11 is 0. The van der Waals surface area contributed by atoms with Gasteiger partial charge in [-0.25, -0.2) is 9.59 Å². The number of rotatable bonds is 5. The summed E-state index contributed by atoms with van der Waals surface area (Å²) in [7, 11) is 0. The summed E-state index contributed by atoms with van der Waals surface area (Å²) in [5.74, 6) is -1.32. The lowest BCUT2D eigenvalue weighted by atomic mass is 10.0. The normalized spacial score (nSPS) is 16.6. The molecule has 1 atom stereocenters. The highest BCUT2D eigenvalue weighted by Gasteiger charge is 2.36. The quantitative estimate of drug-likeness (QED) is 0.628. The SMILES string of the molecule is Cc1cc([N+](=O)[O-])c(OCC2CCN2C(=O)OC(C)(C)C)cc1C(=O)O. The Kier molecular flexibility index (Phi) is 5.38. The first kappa shape index (κ1) is 19.5. The number of nitro groups is 1. The van der Waals surface area contributed by atoms with Crippen LogP contribution in [-0.2, 0) is 4.74 Å². The Morgan fingerprint density at radius 3 is 2.50 bits per heavy atom. The van der Waals surface area contributed by atoms with Crippen molar-refractivity contribution in [3.8, 4) is 5.75 Å². The second-order valence-electron chi connectivity index (χ2n) is 7.12. The minimum absolute atomic E-state index is 0.0161. The molecule has 9 nitrogen and oxygen atoms in total. The zero-order valence-corrected chi connectivity index (χ0v) is 15.1. The number of carboxylic acid groups (broad SMARTS) is 1. The first-order chi connectivity index (χ1) is 12.0. The van der Waals surface area contributed by atoms with Crippen LogP contribution in [-0.4, -0.2) is 51.8 Å². The Hall–Kier alpha value is -2.84. The molecule has 0 saturated carbocycles. The summed E-state index contributed by atoms with van der Waals surface area (Å²) < 4.78 is 10.8. The number of benzene rings is 1. The first-order valence-corrected chi connectivity index (χ1v) is 8.14. The van der Waals surface area contributed by atoms with Crippen molar-refractivity contribution in [2.24, 2.45) is 0 Å². The lowest BCUT2D eigenvalue weighted by molar-refractivity contribution is -0.386. The van der Waals surface area contributed by atoms with Gasteiger partial charge in [0.25, 0.3) is 0 Å². The topological polar surface area (TPSA) is 119 Å². The first-order valence-electron chi connectivity index (χ1n) is 8.14. The van der Waals surface area contributed by atoms with E-state index in [0.29, 0.717) is 13.0 Å². The third-order valence-electron chi connectivity index (χ3n) is 3.94. The second-order valence-corrected chi connectivity index (χ2v) is 7.12. The van der Waals surface area contributed by atoms with Gasteiger partial charge in [-0.15, -0.1) is 0 Å². The van der Waals surface area contributed by atoms with E-state index in [1.807, 2.05) is 0 Å². The molecule has 1 aliphatic heterocycles. The molecule has 1 aliphatic rings. The van der Waals surface area contributed by atoms with Crippen LogP contribution >= 0.6 is 0 Å². The molecule has 0 spiro atoms. The second kappa shape index (κ2) is 7.19. The Labute approximate surface area is 150 Å². The monoisotopic (exact) mass is 366 g/mol. The van der Waals surface area contributed by atoms with Crippen molar-refractivity contribution in [2.75, 3.05) is 13.2 Å². The van der Waals surface area contributed by atoms with Crippen LogP contribution in [0.4, 0.5) is 10.5 Å². The van der Waals surface area contributed by atoms with E-state index in [9.17, 15) is 24.8 Å². The number of likely N-dealkylation sites (tertiary alicyclic amines) is 1. The van der Waals surface area contributed by atoms with Crippen molar-refractivity contribution >= 4 is 17.7 Å². The van der Waals surface area contributed by atoms with Crippen LogP contribution in [0.1, 0.15) is 43.1 Å². The molecule has 9 heteroatoms. The highest BCUT2D eigenvalue weighted by molar-refractivity contribution is 5.90. The average molecular weight is 366 g/mol.